The summed E-state index contributed by atoms with van der Waals surface area (Å²) in [7, 11) is 3.38. The summed E-state index contributed by atoms with van der Waals surface area (Å²) in [6, 6.07) is 18.1. The number of methoxy groups -OCH3 is 2. The Bertz CT molecular complexity index is 639. The SMILES string of the molecule is C=CC[C@H](OC)[C@H](CCOCc1ccc(OC)cc1)OCc1ccccc1. The Morgan fingerprint density at radius 2 is 1.59 bits per heavy atom. The van der Waals surface area contributed by atoms with Crippen LogP contribution in [0.2, 0.25) is 0 Å². The molecule has 2 aromatic carbocycles. The molecule has 146 valence electrons. The van der Waals surface area contributed by atoms with Crippen LogP contribution in [-0.4, -0.2) is 33.0 Å². The zero-order chi connectivity index (χ0) is 19.3. The molecule has 0 unspecified atom stereocenters. The first-order valence-corrected chi connectivity index (χ1v) is 9.26. The molecular weight excluding hydrogens is 340 g/mol. The highest BCUT2D eigenvalue weighted by atomic mass is 16.5. The van der Waals surface area contributed by atoms with Gasteiger partial charge in [0.15, 0.2) is 0 Å². The minimum atomic E-state index is -0.0518. The first-order valence-electron chi connectivity index (χ1n) is 9.26. The van der Waals surface area contributed by atoms with Crippen molar-refractivity contribution in [3.8, 4) is 5.75 Å². The zero-order valence-corrected chi connectivity index (χ0v) is 16.3. The molecular formula is C23H30O4. The maximum atomic E-state index is 6.15. The summed E-state index contributed by atoms with van der Waals surface area (Å²) in [4.78, 5) is 0. The zero-order valence-electron chi connectivity index (χ0n) is 16.3. The molecule has 0 saturated heterocycles. The number of rotatable bonds is 13. The molecule has 2 aromatic rings. The van der Waals surface area contributed by atoms with E-state index in [0.29, 0.717) is 19.8 Å². The van der Waals surface area contributed by atoms with Crippen LogP contribution in [0.4, 0.5) is 0 Å². The average molecular weight is 370 g/mol. The Morgan fingerprint density at radius 1 is 0.889 bits per heavy atom. The van der Waals surface area contributed by atoms with Gasteiger partial charge in [0.05, 0.1) is 32.5 Å². The lowest BCUT2D eigenvalue weighted by Gasteiger charge is -2.25. The topological polar surface area (TPSA) is 36.9 Å². The lowest BCUT2D eigenvalue weighted by Crippen LogP contribution is -2.31. The standard InChI is InChI=1S/C23H30O4/c1-4-8-22(25-3)23(27-18-19-9-6-5-7-10-19)15-16-26-17-20-11-13-21(24-2)14-12-20/h4-7,9-14,22-23H,1,8,15-18H2,2-3H3/t22-,23-/m0/s1. The Morgan fingerprint density at radius 3 is 2.22 bits per heavy atom. The van der Waals surface area contributed by atoms with Gasteiger partial charge in [-0.1, -0.05) is 48.5 Å². The summed E-state index contributed by atoms with van der Waals surface area (Å²) in [5.74, 6) is 0.848. The van der Waals surface area contributed by atoms with Gasteiger partial charge in [-0.3, -0.25) is 0 Å². The highest BCUT2D eigenvalue weighted by molar-refractivity contribution is 5.26. The van der Waals surface area contributed by atoms with Crippen LogP contribution < -0.4 is 4.74 Å². The van der Waals surface area contributed by atoms with Gasteiger partial charge in [-0.2, -0.15) is 0 Å². The van der Waals surface area contributed by atoms with E-state index in [2.05, 4.69) is 18.7 Å². The summed E-state index contributed by atoms with van der Waals surface area (Å²) in [6.07, 6.45) is 3.29. The first-order chi connectivity index (χ1) is 13.3. The molecule has 0 N–H and O–H groups in total. The Hall–Kier alpha value is -2.14. The molecule has 0 aliphatic rings. The van der Waals surface area contributed by atoms with Crippen LogP contribution in [0.25, 0.3) is 0 Å². The third kappa shape index (κ3) is 7.55. The number of ether oxygens (including phenoxy) is 4. The smallest absolute Gasteiger partial charge is 0.118 e. The molecule has 0 amide bonds. The van der Waals surface area contributed by atoms with E-state index in [1.54, 1.807) is 14.2 Å². The van der Waals surface area contributed by atoms with Gasteiger partial charge in [-0.25, -0.2) is 0 Å². The van der Waals surface area contributed by atoms with E-state index in [9.17, 15) is 0 Å². The minimum absolute atomic E-state index is 0.0317. The molecule has 0 aromatic heterocycles. The van der Waals surface area contributed by atoms with Crippen LogP contribution in [0.1, 0.15) is 24.0 Å². The molecule has 0 saturated carbocycles. The summed E-state index contributed by atoms with van der Waals surface area (Å²) in [5.41, 5.74) is 2.27. The van der Waals surface area contributed by atoms with Crippen LogP contribution >= 0.6 is 0 Å². The fourth-order valence-electron chi connectivity index (χ4n) is 2.83. The molecule has 0 spiro atoms. The van der Waals surface area contributed by atoms with Crippen LogP contribution in [0, 0.1) is 0 Å². The van der Waals surface area contributed by atoms with Crippen LogP contribution in [0.5, 0.6) is 5.75 Å². The van der Waals surface area contributed by atoms with Crippen molar-refractivity contribution in [1.29, 1.82) is 0 Å². The molecule has 0 bridgehead atoms. The van der Waals surface area contributed by atoms with Gasteiger partial charge in [0, 0.05) is 13.7 Å². The van der Waals surface area contributed by atoms with Gasteiger partial charge >= 0.3 is 0 Å². The van der Waals surface area contributed by atoms with Crippen molar-refractivity contribution < 1.29 is 18.9 Å². The molecule has 27 heavy (non-hydrogen) atoms. The Kier molecular flexibility index (Phi) is 9.63. The van der Waals surface area contributed by atoms with E-state index in [1.165, 1.54) is 0 Å². The van der Waals surface area contributed by atoms with Gasteiger partial charge in [-0.15, -0.1) is 6.58 Å². The van der Waals surface area contributed by atoms with Crippen molar-refractivity contribution in [2.24, 2.45) is 0 Å². The van der Waals surface area contributed by atoms with E-state index < -0.39 is 0 Å². The fourth-order valence-corrected chi connectivity index (χ4v) is 2.83. The minimum Gasteiger partial charge on any atom is -0.497 e. The van der Waals surface area contributed by atoms with E-state index in [-0.39, 0.29) is 12.2 Å². The molecule has 2 rings (SSSR count). The Balaban J connectivity index is 1.83. The maximum absolute atomic E-state index is 6.15. The predicted molar refractivity (Wildman–Crippen MR) is 108 cm³/mol. The number of hydrogen-bond acceptors (Lipinski definition) is 4. The van der Waals surface area contributed by atoms with Gasteiger partial charge in [0.1, 0.15) is 5.75 Å². The fraction of sp³-hybridized carbons (Fsp3) is 0.391. The van der Waals surface area contributed by atoms with E-state index in [1.807, 2.05) is 48.5 Å². The molecule has 4 nitrogen and oxygen atoms in total. The number of hydrogen-bond donors (Lipinski definition) is 0. The quantitative estimate of drug-likeness (QED) is 0.376. The first kappa shape index (κ1) is 21.2. The van der Waals surface area contributed by atoms with Crippen molar-refractivity contribution in [2.45, 2.75) is 38.3 Å². The van der Waals surface area contributed by atoms with Gasteiger partial charge in [0.2, 0.25) is 0 Å². The highest BCUT2D eigenvalue weighted by Crippen LogP contribution is 2.16. The van der Waals surface area contributed by atoms with E-state index in [4.69, 9.17) is 18.9 Å². The molecule has 0 fully saturated rings. The second kappa shape index (κ2) is 12.3. The van der Waals surface area contributed by atoms with Gasteiger partial charge in [0.25, 0.3) is 0 Å². The third-order valence-corrected chi connectivity index (χ3v) is 4.40. The van der Waals surface area contributed by atoms with E-state index in [0.717, 1.165) is 29.7 Å². The van der Waals surface area contributed by atoms with Crippen LogP contribution in [0.3, 0.4) is 0 Å². The second-order valence-corrected chi connectivity index (χ2v) is 6.32. The predicted octanol–water partition coefficient (Wildman–Crippen LogP) is 4.78. The van der Waals surface area contributed by atoms with Crippen molar-refractivity contribution in [2.75, 3.05) is 20.8 Å². The normalized spacial score (nSPS) is 13.1. The summed E-state index contributed by atoms with van der Waals surface area (Å²) in [5, 5.41) is 0. The van der Waals surface area contributed by atoms with Crippen LogP contribution in [0.15, 0.2) is 67.3 Å². The highest BCUT2D eigenvalue weighted by Gasteiger charge is 2.21. The molecule has 4 heteroatoms. The van der Waals surface area contributed by atoms with E-state index >= 15 is 0 Å². The second-order valence-electron chi connectivity index (χ2n) is 6.32. The van der Waals surface area contributed by atoms with Crippen LogP contribution in [-0.2, 0) is 27.4 Å². The lowest BCUT2D eigenvalue weighted by atomic mass is 10.1. The molecule has 2 atom stereocenters. The third-order valence-electron chi connectivity index (χ3n) is 4.40. The van der Waals surface area contributed by atoms with Crippen molar-refractivity contribution in [3.63, 3.8) is 0 Å². The summed E-state index contributed by atoms with van der Waals surface area (Å²) in [6.45, 7) is 5.54. The molecule has 0 aliphatic heterocycles. The molecule has 0 radical (unpaired) electrons. The maximum Gasteiger partial charge on any atom is 0.118 e. The summed E-state index contributed by atoms with van der Waals surface area (Å²) < 4.78 is 22.8. The van der Waals surface area contributed by atoms with Gasteiger partial charge in [-0.05, 0) is 36.1 Å². The van der Waals surface area contributed by atoms with Crippen molar-refractivity contribution in [3.05, 3.63) is 78.4 Å². The molecule has 0 heterocycles. The summed E-state index contributed by atoms with van der Waals surface area (Å²) >= 11 is 0. The largest absolute Gasteiger partial charge is 0.497 e. The average Bonchev–Trinajstić information content (AvgIpc) is 2.73. The lowest BCUT2D eigenvalue weighted by molar-refractivity contribution is -0.0758. The number of benzene rings is 2. The van der Waals surface area contributed by atoms with Gasteiger partial charge < -0.3 is 18.9 Å². The molecule has 0 aliphatic carbocycles. The van der Waals surface area contributed by atoms with Crippen molar-refractivity contribution >= 4 is 0 Å². The Labute approximate surface area is 162 Å². The van der Waals surface area contributed by atoms with Crippen molar-refractivity contribution in [1.82, 2.24) is 0 Å². The monoisotopic (exact) mass is 370 g/mol.